The van der Waals surface area contributed by atoms with Crippen LogP contribution in [-0.4, -0.2) is 15.2 Å². The average molecular weight is 823 g/mol. The van der Waals surface area contributed by atoms with Crippen LogP contribution in [0.15, 0.2) is 30.3 Å². The summed E-state index contributed by atoms with van der Waals surface area (Å²) < 4.78 is 55.7. The maximum atomic E-state index is 14.1. The van der Waals surface area contributed by atoms with Gasteiger partial charge in [-0.1, -0.05) is 75.7 Å². The molecule has 4 aromatic rings. The highest BCUT2D eigenvalue weighted by Gasteiger charge is 2.26. The number of nitro groups is 1. The number of benzene rings is 4. The maximum Gasteiger partial charge on any atom is 0.291 e. The average Bonchev–Trinajstić information content (AvgIpc) is 3.05. The Morgan fingerprint density at radius 3 is 1.51 bits per heavy atom. The lowest BCUT2D eigenvalue weighted by atomic mass is 9.98. The highest BCUT2D eigenvalue weighted by atomic mass is 35.5. The molecular weight excluding hydrogens is 813 g/mol. The van der Waals surface area contributed by atoms with E-state index in [1.54, 1.807) is 12.1 Å². The molecule has 21 heteroatoms. The molecule has 0 bridgehead atoms. The minimum Gasteiger partial charge on any atom is -0.328 e. The molecule has 0 amide bonds. The Hall–Kier alpha value is -5.10. The Morgan fingerprint density at radius 1 is 0.667 bits per heavy atom. The fourth-order valence-corrected chi connectivity index (χ4v) is 5.75. The van der Waals surface area contributed by atoms with Gasteiger partial charge in [0.15, 0.2) is 0 Å². The largest absolute Gasteiger partial charge is 0.328 e. The van der Waals surface area contributed by atoms with Gasteiger partial charge in [0, 0.05) is 17.5 Å². The Morgan fingerprint density at radius 2 is 1.08 bits per heavy atom. The number of hydrogen-bond donors (Lipinski definition) is 1. The van der Waals surface area contributed by atoms with Gasteiger partial charge in [-0.15, -0.1) is 10.1 Å². The normalized spacial score (nSPS) is 9.84. The summed E-state index contributed by atoms with van der Waals surface area (Å²) in [4.78, 5) is 24.3. The topological polar surface area (TPSA) is 163 Å². The molecular formula is C30H10Cl6F4N6O5. The van der Waals surface area contributed by atoms with Gasteiger partial charge >= 0.3 is 0 Å². The second-order valence-corrected chi connectivity index (χ2v) is 11.4. The SMILES string of the molecule is O=[N+]([O-])O.[C-]#[N+]c1c(Cl)c(C#N)c(Cl)c(Cl)c1Cc1c(F)cc([N+](=O)[O-])cc1F.[C-]#[N+]c1c(Cl)c(Cl)c(Cc2c(F)cccc2F)c(C#N)c1Cl. The van der Waals surface area contributed by atoms with Crippen LogP contribution >= 0.6 is 69.6 Å². The quantitative estimate of drug-likeness (QED) is 0.0688. The maximum absolute atomic E-state index is 14.1. The Balaban J connectivity index is 0.000000322. The number of nitrogens with zero attached hydrogens (tertiary/aromatic N) is 6. The first-order chi connectivity index (χ1) is 23.9. The Kier molecular flexibility index (Phi) is 15.0. The van der Waals surface area contributed by atoms with E-state index in [2.05, 4.69) is 9.69 Å². The van der Waals surface area contributed by atoms with E-state index in [9.17, 15) is 32.9 Å². The fraction of sp³-hybridized carbons (Fsp3) is 0.0667. The summed E-state index contributed by atoms with van der Waals surface area (Å²) in [7, 11) is 0. The zero-order valence-electron chi connectivity index (χ0n) is 24.3. The predicted octanol–water partition coefficient (Wildman–Crippen LogP) is 11.4. The highest BCUT2D eigenvalue weighted by molar-refractivity contribution is 6.47. The van der Waals surface area contributed by atoms with Crippen LogP contribution < -0.4 is 0 Å². The monoisotopic (exact) mass is 820 g/mol. The van der Waals surface area contributed by atoms with Crippen LogP contribution in [0.1, 0.15) is 33.4 Å². The van der Waals surface area contributed by atoms with Crippen molar-refractivity contribution < 1.29 is 32.8 Å². The molecule has 0 saturated carbocycles. The first-order valence-corrected chi connectivity index (χ1v) is 15.0. The zero-order chi connectivity index (χ0) is 38.9. The number of hydrogen-bond acceptors (Lipinski definition) is 6. The van der Waals surface area contributed by atoms with E-state index in [4.69, 9.17) is 103 Å². The van der Waals surface area contributed by atoms with E-state index in [0.29, 0.717) is 12.1 Å². The van der Waals surface area contributed by atoms with Crippen molar-refractivity contribution in [1.29, 1.82) is 10.5 Å². The van der Waals surface area contributed by atoms with Crippen molar-refractivity contribution in [2.45, 2.75) is 12.8 Å². The summed E-state index contributed by atoms with van der Waals surface area (Å²) in [6.45, 7) is 14.2. The van der Waals surface area contributed by atoms with Crippen LogP contribution in [0.5, 0.6) is 0 Å². The van der Waals surface area contributed by atoms with Gasteiger partial charge in [-0.3, -0.25) is 10.1 Å². The highest BCUT2D eigenvalue weighted by Crippen LogP contribution is 2.45. The van der Waals surface area contributed by atoms with Gasteiger partial charge in [0.25, 0.3) is 10.8 Å². The summed E-state index contributed by atoms with van der Waals surface area (Å²) >= 11 is 35.9. The second kappa shape index (κ2) is 18.2. The summed E-state index contributed by atoms with van der Waals surface area (Å²) in [5.41, 5.74) is -2.36. The lowest BCUT2D eigenvalue weighted by Gasteiger charge is -2.13. The van der Waals surface area contributed by atoms with E-state index in [-0.39, 0.29) is 75.7 Å². The second-order valence-electron chi connectivity index (χ2n) is 9.17. The first-order valence-electron chi connectivity index (χ1n) is 12.7. The number of non-ortho nitro benzene ring substituents is 1. The molecule has 4 aromatic carbocycles. The van der Waals surface area contributed by atoms with Gasteiger partial charge in [-0.2, -0.15) is 10.5 Å². The molecule has 11 nitrogen and oxygen atoms in total. The van der Waals surface area contributed by atoms with Gasteiger partial charge in [0.05, 0.1) is 77.5 Å². The molecule has 0 aliphatic rings. The zero-order valence-corrected chi connectivity index (χ0v) is 28.9. The number of rotatable bonds is 5. The third kappa shape index (κ3) is 9.57. The van der Waals surface area contributed by atoms with E-state index in [0.717, 1.165) is 12.1 Å². The molecule has 0 unspecified atom stereocenters. The lowest BCUT2D eigenvalue weighted by molar-refractivity contribution is -0.742. The third-order valence-corrected chi connectivity index (χ3v) is 8.85. The molecule has 0 fully saturated rings. The van der Waals surface area contributed by atoms with Crippen molar-refractivity contribution in [3.05, 3.63) is 160 Å². The number of nitriles is 2. The van der Waals surface area contributed by atoms with E-state index >= 15 is 0 Å². The van der Waals surface area contributed by atoms with Crippen LogP contribution in [-0.2, 0) is 12.8 Å². The molecule has 0 radical (unpaired) electrons. The summed E-state index contributed by atoms with van der Waals surface area (Å²) in [5.74, 6) is -3.92. The molecule has 0 atom stereocenters. The molecule has 0 aromatic heterocycles. The minimum atomic E-state index is -1.50. The van der Waals surface area contributed by atoms with Crippen molar-refractivity contribution in [2.75, 3.05) is 0 Å². The lowest BCUT2D eigenvalue weighted by Crippen LogP contribution is -2.02. The van der Waals surface area contributed by atoms with Crippen LogP contribution in [0.25, 0.3) is 9.69 Å². The van der Waals surface area contributed by atoms with Crippen molar-refractivity contribution in [3.8, 4) is 12.1 Å². The molecule has 260 valence electrons. The van der Waals surface area contributed by atoms with Crippen LogP contribution in [0.3, 0.4) is 0 Å². The standard InChI is InChI=1S/C15H4Cl3F2N3O2.C15H5Cl3F2N2.HNO3/c1-22-15-8(12(16)13(17)9(5-21)14(15)18)4-7-10(19)2-6(23(24)25)3-11(7)20;1-22-15-13(17)9(6-21)7(12(16)14(15)18)5-8-10(19)3-2-4-11(8)20;2-1(3)4/h2-3H,4H2;2-4H,5H2;(H,2,3,4). The first kappa shape index (κ1) is 42.1. The Bertz CT molecular complexity index is 2220. The molecule has 0 saturated heterocycles. The van der Waals surface area contributed by atoms with Gasteiger partial charge in [-0.25, -0.2) is 27.3 Å². The molecule has 0 aliphatic heterocycles. The smallest absolute Gasteiger partial charge is 0.291 e. The van der Waals surface area contributed by atoms with Crippen molar-refractivity contribution in [3.63, 3.8) is 0 Å². The van der Waals surface area contributed by atoms with Crippen molar-refractivity contribution >= 4 is 86.7 Å². The minimum absolute atomic E-state index is 0.0792. The number of nitro benzene ring substituents is 1. The molecule has 0 spiro atoms. The third-order valence-electron chi connectivity index (χ3n) is 6.34. The van der Waals surface area contributed by atoms with Gasteiger partial charge in [0.1, 0.15) is 29.3 Å². The molecule has 0 heterocycles. The summed E-state index contributed by atoms with van der Waals surface area (Å²) in [6.07, 6.45) is -0.838. The van der Waals surface area contributed by atoms with Gasteiger partial charge < -0.3 is 5.21 Å². The fourth-order valence-electron chi connectivity index (χ4n) is 4.06. The van der Waals surface area contributed by atoms with Crippen LogP contribution in [0, 0.1) is 79.3 Å². The van der Waals surface area contributed by atoms with Crippen molar-refractivity contribution in [1.82, 2.24) is 0 Å². The summed E-state index contributed by atoms with van der Waals surface area (Å²) in [6, 6.07) is 8.02. The Labute approximate surface area is 313 Å². The molecule has 4 rings (SSSR count). The summed E-state index contributed by atoms with van der Waals surface area (Å²) in [5, 5.41) is 41.3. The van der Waals surface area contributed by atoms with Gasteiger partial charge in [-0.05, 0) is 29.7 Å². The van der Waals surface area contributed by atoms with E-state index in [1.807, 2.05) is 0 Å². The van der Waals surface area contributed by atoms with Crippen LogP contribution in [0.4, 0.5) is 34.6 Å². The molecule has 0 aliphatic carbocycles. The van der Waals surface area contributed by atoms with Gasteiger partial charge in [0.2, 0.25) is 11.4 Å². The van der Waals surface area contributed by atoms with Crippen molar-refractivity contribution in [2.24, 2.45) is 0 Å². The van der Waals surface area contributed by atoms with Crippen LogP contribution in [0.2, 0.25) is 30.1 Å². The van der Waals surface area contributed by atoms with E-state index < -0.39 is 51.0 Å². The van der Waals surface area contributed by atoms with E-state index in [1.165, 1.54) is 6.07 Å². The number of halogens is 10. The predicted molar refractivity (Wildman–Crippen MR) is 179 cm³/mol. The molecule has 1 N–H and O–H groups in total. The molecule has 51 heavy (non-hydrogen) atoms.